The fraction of sp³-hybridized carbons (Fsp3) is 0.323. The van der Waals surface area contributed by atoms with Crippen molar-refractivity contribution in [3.8, 4) is 17.2 Å². The number of aryl methyl sites for hydroxylation is 1. The molecule has 0 aliphatic rings. The monoisotopic (exact) mass is 555 g/mol. The van der Waals surface area contributed by atoms with Gasteiger partial charge in [0.05, 0.1) is 17.5 Å². The predicted octanol–water partition coefficient (Wildman–Crippen LogP) is 4.13. The summed E-state index contributed by atoms with van der Waals surface area (Å²) in [6.45, 7) is 5.32. The first kappa shape index (κ1) is 29.1. The number of amides is 2. The number of benzene rings is 2. The van der Waals surface area contributed by atoms with Crippen molar-refractivity contribution < 1.29 is 18.7 Å². The van der Waals surface area contributed by atoms with E-state index in [-0.39, 0.29) is 12.5 Å². The normalized spacial score (nSPS) is 12.8. The van der Waals surface area contributed by atoms with E-state index in [0.717, 1.165) is 22.3 Å². The molecule has 0 aliphatic heterocycles. The fourth-order valence-corrected chi connectivity index (χ4v) is 4.38. The highest BCUT2D eigenvalue weighted by Gasteiger charge is 2.24. The molecule has 0 spiro atoms. The number of aromatic nitrogens is 2. The quantitative estimate of drug-likeness (QED) is 0.317. The van der Waals surface area contributed by atoms with Crippen LogP contribution in [0, 0.1) is 17.2 Å². The van der Waals surface area contributed by atoms with Gasteiger partial charge in [-0.1, -0.05) is 36.4 Å². The number of hydrogen-bond donors (Lipinski definition) is 2. The Morgan fingerprint density at radius 2 is 1.80 bits per heavy atom. The summed E-state index contributed by atoms with van der Waals surface area (Å²) >= 11 is 0. The molecule has 2 aromatic heterocycles. The Bertz CT molecular complexity index is 1610. The van der Waals surface area contributed by atoms with Gasteiger partial charge in [-0.15, -0.1) is 0 Å². The summed E-state index contributed by atoms with van der Waals surface area (Å²) in [6.07, 6.45) is 3.33. The third kappa shape index (κ3) is 7.82. The number of rotatable bonds is 9. The lowest BCUT2D eigenvalue weighted by molar-refractivity contribution is -0.125. The number of hydrogen-bond acceptors (Lipinski definition) is 7. The molecule has 0 aliphatic carbocycles. The van der Waals surface area contributed by atoms with E-state index < -0.39 is 29.4 Å². The van der Waals surface area contributed by atoms with E-state index in [1.807, 2.05) is 42.5 Å². The molecular formula is C31H33N5O5. The van der Waals surface area contributed by atoms with Crippen LogP contribution in [0.5, 0.6) is 0 Å². The molecule has 2 amide bonds. The van der Waals surface area contributed by atoms with Gasteiger partial charge in [0, 0.05) is 32.4 Å². The van der Waals surface area contributed by atoms with Gasteiger partial charge in [0.25, 0.3) is 0 Å². The topological polar surface area (TPSA) is 139 Å². The molecule has 0 bridgehead atoms. The zero-order chi connectivity index (χ0) is 29.6. The van der Waals surface area contributed by atoms with Crippen LogP contribution in [-0.2, 0) is 29.4 Å². The molecule has 2 heterocycles. The summed E-state index contributed by atoms with van der Waals surface area (Å²) in [5, 5.41) is 15.3. The zero-order valence-electron chi connectivity index (χ0n) is 23.5. The summed E-state index contributed by atoms with van der Waals surface area (Å²) in [6, 6.07) is 18.2. The number of nitrogens with zero attached hydrogens (tertiary/aromatic N) is 3. The summed E-state index contributed by atoms with van der Waals surface area (Å²) in [5.74, 6) is -1.41. The van der Waals surface area contributed by atoms with Crippen molar-refractivity contribution >= 4 is 23.1 Å². The molecule has 2 aromatic carbocycles. The smallest absolute Gasteiger partial charge is 0.419 e. The van der Waals surface area contributed by atoms with Gasteiger partial charge in [-0.3, -0.25) is 14.3 Å². The Kier molecular flexibility index (Phi) is 8.87. The summed E-state index contributed by atoms with van der Waals surface area (Å²) in [4.78, 5) is 41.4. The minimum absolute atomic E-state index is 0.0368. The second-order valence-electron chi connectivity index (χ2n) is 10.8. The molecule has 0 fully saturated rings. The molecule has 10 nitrogen and oxygen atoms in total. The average Bonchev–Trinajstić information content (AvgIpc) is 3.23. The number of oxazole rings is 1. The van der Waals surface area contributed by atoms with Gasteiger partial charge in [0.15, 0.2) is 5.58 Å². The van der Waals surface area contributed by atoms with Gasteiger partial charge in [0.1, 0.15) is 11.6 Å². The molecule has 0 radical (unpaired) electrons. The molecule has 0 saturated heterocycles. The van der Waals surface area contributed by atoms with Crippen molar-refractivity contribution in [3.05, 3.63) is 88.7 Å². The van der Waals surface area contributed by atoms with Crippen molar-refractivity contribution in [2.75, 3.05) is 6.54 Å². The first-order valence-corrected chi connectivity index (χ1v) is 13.3. The molecule has 2 atom stereocenters. The number of carbonyl (C=O) groups is 2. The van der Waals surface area contributed by atoms with E-state index in [1.165, 1.54) is 4.57 Å². The fourth-order valence-electron chi connectivity index (χ4n) is 4.38. The number of fused-ring (bicyclic) bond motifs is 1. The van der Waals surface area contributed by atoms with E-state index in [1.54, 1.807) is 52.3 Å². The van der Waals surface area contributed by atoms with Gasteiger partial charge < -0.3 is 19.8 Å². The largest absolute Gasteiger partial charge is 0.444 e. The highest BCUT2D eigenvalue weighted by molar-refractivity contribution is 5.81. The third-order valence-corrected chi connectivity index (χ3v) is 6.46. The Hall–Kier alpha value is -4.91. The lowest BCUT2D eigenvalue weighted by Gasteiger charge is -2.22. The third-order valence-electron chi connectivity index (χ3n) is 6.46. The van der Waals surface area contributed by atoms with Gasteiger partial charge >= 0.3 is 11.8 Å². The number of nitrogens with one attached hydrogen (secondary N) is 2. The Morgan fingerprint density at radius 3 is 2.46 bits per heavy atom. The second-order valence-corrected chi connectivity index (χ2v) is 10.8. The molecule has 41 heavy (non-hydrogen) atoms. The molecule has 4 aromatic rings. The standard InChI is InChI=1S/C31H33N5O5/c1-31(2,3)41-29(38)34-19-24(14-21-6-5-13-33-18-21)28(37)35-25(17-32)15-20-7-9-22(10-8-20)23-11-12-27-26(16-23)36(4)30(39)40-27/h5-13,16,18,24-25H,14-15,19H2,1-4H3,(H,34,38)(H,35,37)/t24?,25-/m0/s1. The van der Waals surface area contributed by atoms with E-state index in [0.29, 0.717) is 23.9 Å². The molecule has 2 N–H and O–H groups in total. The van der Waals surface area contributed by atoms with Crippen LogP contribution in [-0.4, -0.2) is 39.7 Å². The molecule has 212 valence electrons. The minimum Gasteiger partial charge on any atom is -0.444 e. The maximum atomic E-state index is 13.3. The van der Waals surface area contributed by atoms with Gasteiger partial charge in [-0.05, 0) is 67.6 Å². The first-order valence-electron chi connectivity index (χ1n) is 13.3. The van der Waals surface area contributed by atoms with Crippen LogP contribution in [0.2, 0.25) is 0 Å². The van der Waals surface area contributed by atoms with E-state index >= 15 is 0 Å². The first-order chi connectivity index (χ1) is 19.5. The van der Waals surface area contributed by atoms with Gasteiger partial charge in [-0.2, -0.15) is 5.26 Å². The van der Waals surface area contributed by atoms with Crippen LogP contribution in [0.25, 0.3) is 22.2 Å². The summed E-state index contributed by atoms with van der Waals surface area (Å²) in [7, 11) is 1.66. The van der Waals surface area contributed by atoms with Crippen LogP contribution in [0.1, 0.15) is 31.9 Å². The Morgan fingerprint density at radius 1 is 1.07 bits per heavy atom. The molecule has 4 rings (SSSR count). The van der Waals surface area contributed by atoms with E-state index in [4.69, 9.17) is 9.15 Å². The van der Waals surface area contributed by atoms with Crippen LogP contribution >= 0.6 is 0 Å². The van der Waals surface area contributed by atoms with Crippen molar-refractivity contribution in [2.24, 2.45) is 13.0 Å². The van der Waals surface area contributed by atoms with E-state index in [9.17, 15) is 19.6 Å². The highest BCUT2D eigenvalue weighted by Crippen LogP contribution is 2.24. The van der Waals surface area contributed by atoms with Crippen molar-refractivity contribution in [1.82, 2.24) is 20.2 Å². The lowest BCUT2D eigenvalue weighted by Crippen LogP contribution is -2.45. The average molecular weight is 556 g/mol. The van der Waals surface area contributed by atoms with Crippen LogP contribution < -0.4 is 16.4 Å². The van der Waals surface area contributed by atoms with Crippen LogP contribution in [0.3, 0.4) is 0 Å². The summed E-state index contributed by atoms with van der Waals surface area (Å²) in [5.41, 5.74) is 4.11. The predicted molar refractivity (Wildman–Crippen MR) is 154 cm³/mol. The van der Waals surface area contributed by atoms with Gasteiger partial charge in [0.2, 0.25) is 5.91 Å². The van der Waals surface area contributed by atoms with Crippen molar-refractivity contribution in [1.29, 1.82) is 5.26 Å². The Balaban J connectivity index is 1.42. The van der Waals surface area contributed by atoms with Crippen LogP contribution in [0.15, 0.2) is 76.2 Å². The molecular weight excluding hydrogens is 522 g/mol. The number of carbonyl (C=O) groups excluding carboxylic acids is 2. The number of alkyl carbamates (subject to hydrolysis) is 1. The van der Waals surface area contributed by atoms with E-state index in [2.05, 4.69) is 21.7 Å². The Labute approximate surface area is 238 Å². The maximum absolute atomic E-state index is 13.3. The lowest BCUT2D eigenvalue weighted by atomic mass is 9.97. The second kappa shape index (κ2) is 12.5. The van der Waals surface area contributed by atoms with Crippen molar-refractivity contribution in [2.45, 2.75) is 45.3 Å². The minimum atomic E-state index is -0.775. The molecule has 10 heteroatoms. The van der Waals surface area contributed by atoms with Crippen molar-refractivity contribution in [3.63, 3.8) is 0 Å². The number of pyridine rings is 1. The molecule has 0 saturated carbocycles. The SMILES string of the molecule is Cn1c(=O)oc2ccc(-c3ccc(C[C@@H](C#N)NC(=O)C(CNC(=O)OC(C)(C)C)Cc4cccnc4)cc3)cc21. The zero-order valence-corrected chi connectivity index (χ0v) is 23.5. The molecule has 1 unspecified atom stereocenters. The summed E-state index contributed by atoms with van der Waals surface area (Å²) < 4.78 is 12.0. The maximum Gasteiger partial charge on any atom is 0.419 e. The van der Waals surface area contributed by atoms with Crippen LogP contribution in [0.4, 0.5) is 4.79 Å². The number of ether oxygens (including phenoxy) is 1. The van der Waals surface area contributed by atoms with Gasteiger partial charge in [-0.25, -0.2) is 9.59 Å². The number of nitriles is 1. The highest BCUT2D eigenvalue weighted by atomic mass is 16.6.